The fraction of sp³-hybridized carbons (Fsp3) is 0.200. The van der Waals surface area contributed by atoms with Crippen LogP contribution in [0.5, 0.6) is 0 Å². The van der Waals surface area contributed by atoms with E-state index in [2.05, 4.69) is 52.2 Å². The van der Waals surface area contributed by atoms with E-state index in [0.717, 1.165) is 5.56 Å². The lowest BCUT2D eigenvalue weighted by Crippen LogP contribution is -2.19. The first-order valence-electron chi connectivity index (χ1n) is 5.97. The minimum Gasteiger partial charge on any atom is -0.313 e. The van der Waals surface area contributed by atoms with E-state index in [1.165, 1.54) is 9.64 Å². The Morgan fingerprint density at radius 3 is 2.53 bits per heavy atom. The summed E-state index contributed by atoms with van der Waals surface area (Å²) in [6.45, 7) is 0. The minimum atomic E-state index is -0.213. The van der Waals surface area contributed by atoms with E-state index in [0.29, 0.717) is 17.0 Å². The van der Waals surface area contributed by atoms with Gasteiger partial charge in [0.2, 0.25) is 0 Å². The summed E-state index contributed by atoms with van der Waals surface area (Å²) >= 11 is 8.19. The summed E-state index contributed by atoms with van der Waals surface area (Å²) in [7, 11) is 1.88. The van der Waals surface area contributed by atoms with Crippen molar-refractivity contribution in [3.05, 3.63) is 68.0 Å². The number of nitrogens with one attached hydrogen (secondary N) is 1. The van der Waals surface area contributed by atoms with Crippen molar-refractivity contribution < 1.29 is 4.39 Å². The van der Waals surface area contributed by atoms with E-state index < -0.39 is 0 Å². The lowest BCUT2D eigenvalue weighted by molar-refractivity contribution is 0.554. The molecule has 2 aromatic rings. The minimum absolute atomic E-state index is 0.0740. The van der Waals surface area contributed by atoms with Gasteiger partial charge in [-0.05, 0) is 77.5 Å². The first-order chi connectivity index (χ1) is 9.10. The molecule has 100 valence electrons. The van der Waals surface area contributed by atoms with E-state index in [9.17, 15) is 4.39 Å². The zero-order valence-corrected chi connectivity index (χ0v) is 13.4. The standard InChI is InChI=1S/C15H14ClFIN/c1-19-15(10-2-5-13(18)6-3-10)9-11-8-12(16)4-7-14(11)17/h2-8,15,19H,9H2,1H3. The van der Waals surface area contributed by atoms with E-state index in [4.69, 9.17) is 11.6 Å². The second-order valence-electron chi connectivity index (χ2n) is 4.33. The third-order valence-corrected chi connectivity index (χ3v) is 4.01. The van der Waals surface area contributed by atoms with Crippen molar-refractivity contribution >= 4 is 34.2 Å². The monoisotopic (exact) mass is 389 g/mol. The summed E-state index contributed by atoms with van der Waals surface area (Å²) in [6, 6.07) is 13.0. The van der Waals surface area contributed by atoms with Crippen molar-refractivity contribution in [1.29, 1.82) is 0 Å². The molecule has 1 unspecified atom stereocenters. The van der Waals surface area contributed by atoms with Crippen LogP contribution in [0.25, 0.3) is 0 Å². The normalized spacial score (nSPS) is 12.4. The summed E-state index contributed by atoms with van der Waals surface area (Å²) in [5.74, 6) is -0.213. The molecule has 0 heterocycles. The summed E-state index contributed by atoms with van der Waals surface area (Å²) in [4.78, 5) is 0. The molecule has 0 aliphatic rings. The summed E-state index contributed by atoms with van der Waals surface area (Å²) in [5, 5.41) is 3.78. The molecule has 0 aromatic heterocycles. The second kappa shape index (κ2) is 6.68. The Kier molecular flexibility index (Phi) is 5.19. The molecule has 0 bridgehead atoms. The fourth-order valence-corrected chi connectivity index (χ4v) is 2.56. The Bertz CT molecular complexity index is 557. The van der Waals surface area contributed by atoms with Gasteiger partial charge in [0.05, 0.1) is 0 Å². The Labute approximate surface area is 131 Å². The maximum absolute atomic E-state index is 13.8. The average molecular weight is 390 g/mol. The first-order valence-corrected chi connectivity index (χ1v) is 7.42. The SMILES string of the molecule is CNC(Cc1cc(Cl)ccc1F)c1ccc(I)cc1. The molecular weight excluding hydrogens is 376 g/mol. The van der Waals surface area contributed by atoms with Crippen molar-refractivity contribution in [3.63, 3.8) is 0 Å². The van der Waals surface area contributed by atoms with Crippen LogP contribution in [0.2, 0.25) is 5.02 Å². The number of likely N-dealkylation sites (N-methyl/N-ethyl adjacent to an activating group) is 1. The van der Waals surface area contributed by atoms with Crippen molar-refractivity contribution in [2.45, 2.75) is 12.5 Å². The van der Waals surface area contributed by atoms with Gasteiger partial charge in [-0.25, -0.2) is 4.39 Å². The van der Waals surface area contributed by atoms with Gasteiger partial charge < -0.3 is 5.32 Å². The van der Waals surface area contributed by atoms with Crippen LogP contribution < -0.4 is 5.32 Å². The molecule has 0 amide bonds. The largest absolute Gasteiger partial charge is 0.313 e. The zero-order chi connectivity index (χ0) is 13.8. The van der Waals surface area contributed by atoms with Gasteiger partial charge in [-0.1, -0.05) is 23.7 Å². The quantitative estimate of drug-likeness (QED) is 0.754. The Balaban J connectivity index is 2.23. The number of rotatable bonds is 4. The summed E-state index contributed by atoms with van der Waals surface area (Å²) in [6.07, 6.45) is 0.573. The first kappa shape index (κ1) is 14.8. The van der Waals surface area contributed by atoms with Crippen molar-refractivity contribution in [2.24, 2.45) is 0 Å². The number of hydrogen-bond acceptors (Lipinski definition) is 1. The average Bonchev–Trinajstić information content (AvgIpc) is 2.41. The molecule has 1 nitrogen and oxygen atoms in total. The lowest BCUT2D eigenvalue weighted by Gasteiger charge is -2.17. The molecule has 1 atom stereocenters. The maximum atomic E-state index is 13.8. The predicted molar refractivity (Wildman–Crippen MR) is 86.1 cm³/mol. The molecule has 0 aliphatic heterocycles. The third kappa shape index (κ3) is 3.91. The van der Waals surface area contributed by atoms with Gasteiger partial charge in [0.15, 0.2) is 0 Å². The summed E-state index contributed by atoms with van der Waals surface area (Å²) in [5.41, 5.74) is 1.77. The van der Waals surface area contributed by atoms with Crippen molar-refractivity contribution in [3.8, 4) is 0 Å². The molecule has 1 N–H and O–H groups in total. The van der Waals surface area contributed by atoms with E-state index in [-0.39, 0.29) is 11.9 Å². The molecule has 4 heteroatoms. The van der Waals surface area contributed by atoms with Crippen LogP contribution in [-0.4, -0.2) is 7.05 Å². The van der Waals surface area contributed by atoms with Gasteiger partial charge >= 0.3 is 0 Å². The van der Waals surface area contributed by atoms with Gasteiger partial charge in [-0.15, -0.1) is 0 Å². The van der Waals surface area contributed by atoms with Crippen molar-refractivity contribution in [2.75, 3.05) is 7.05 Å². The van der Waals surface area contributed by atoms with E-state index in [1.807, 2.05) is 7.05 Å². The van der Waals surface area contributed by atoms with Crippen molar-refractivity contribution in [1.82, 2.24) is 5.32 Å². The number of halogens is 3. The Morgan fingerprint density at radius 1 is 1.21 bits per heavy atom. The van der Waals surface area contributed by atoms with Crippen LogP contribution in [0.3, 0.4) is 0 Å². The second-order valence-corrected chi connectivity index (χ2v) is 6.01. The predicted octanol–water partition coefficient (Wildman–Crippen LogP) is 4.59. The van der Waals surface area contributed by atoms with Gasteiger partial charge in [-0.2, -0.15) is 0 Å². The van der Waals surface area contributed by atoms with Gasteiger partial charge in [-0.3, -0.25) is 0 Å². The molecule has 0 aliphatic carbocycles. The molecule has 2 aromatic carbocycles. The smallest absolute Gasteiger partial charge is 0.126 e. The highest BCUT2D eigenvalue weighted by atomic mass is 127. The Morgan fingerprint density at radius 2 is 1.89 bits per heavy atom. The molecule has 0 fully saturated rings. The van der Waals surface area contributed by atoms with Gasteiger partial charge in [0.25, 0.3) is 0 Å². The van der Waals surface area contributed by atoms with Crippen LogP contribution in [0.1, 0.15) is 17.2 Å². The molecular formula is C15H14ClFIN. The molecule has 0 saturated heterocycles. The highest BCUT2D eigenvalue weighted by Gasteiger charge is 2.13. The Hall–Kier alpha value is -0.650. The zero-order valence-electron chi connectivity index (χ0n) is 10.5. The number of hydrogen-bond donors (Lipinski definition) is 1. The van der Waals surface area contributed by atoms with Crippen LogP contribution in [-0.2, 0) is 6.42 Å². The maximum Gasteiger partial charge on any atom is 0.126 e. The van der Waals surface area contributed by atoms with E-state index in [1.54, 1.807) is 12.1 Å². The molecule has 19 heavy (non-hydrogen) atoms. The highest BCUT2D eigenvalue weighted by molar-refractivity contribution is 14.1. The third-order valence-electron chi connectivity index (χ3n) is 3.05. The lowest BCUT2D eigenvalue weighted by atomic mass is 9.99. The highest BCUT2D eigenvalue weighted by Crippen LogP contribution is 2.23. The fourth-order valence-electron chi connectivity index (χ4n) is 2.00. The van der Waals surface area contributed by atoms with E-state index >= 15 is 0 Å². The molecule has 0 spiro atoms. The molecule has 0 radical (unpaired) electrons. The topological polar surface area (TPSA) is 12.0 Å². The van der Waals surface area contributed by atoms with Gasteiger partial charge in [0, 0.05) is 14.6 Å². The van der Waals surface area contributed by atoms with Crippen LogP contribution in [0.15, 0.2) is 42.5 Å². The molecule has 0 saturated carbocycles. The summed E-state index contributed by atoms with van der Waals surface area (Å²) < 4.78 is 14.9. The van der Waals surface area contributed by atoms with Crippen LogP contribution >= 0.6 is 34.2 Å². The molecule has 2 rings (SSSR count). The van der Waals surface area contributed by atoms with Crippen LogP contribution in [0, 0.1) is 9.39 Å². The number of benzene rings is 2. The van der Waals surface area contributed by atoms with Gasteiger partial charge in [0.1, 0.15) is 5.82 Å². The van der Waals surface area contributed by atoms with Crippen LogP contribution in [0.4, 0.5) is 4.39 Å².